The normalized spacial score (nSPS) is 22.2. The maximum atomic E-state index is 12.2. The average Bonchev–Trinajstić information content (AvgIpc) is 3.02. The van der Waals surface area contributed by atoms with Gasteiger partial charge in [0.2, 0.25) is 0 Å². The van der Waals surface area contributed by atoms with E-state index in [1.165, 1.54) is 4.90 Å². The Morgan fingerprint density at radius 2 is 2.17 bits per heavy atom. The van der Waals surface area contributed by atoms with Crippen LogP contribution >= 0.6 is 0 Å². The number of allylic oxidation sites excluding steroid dienone is 5. The van der Waals surface area contributed by atoms with Crippen molar-refractivity contribution in [1.82, 2.24) is 4.98 Å². The fourth-order valence-corrected chi connectivity index (χ4v) is 2.91. The van der Waals surface area contributed by atoms with E-state index in [1.807, 2.05) is 36.4 Å². The van der Waals surface area contributed by atoms with Crippen molar-refractivity contribution in [2.45, 2.75) is 6.42 Å². The number of fused-ring (bicyclic) bond motifs is 1. The third-order valence-corrected chi connectivity index (χ3v) is 4.17. The summed E-state index contributed by atoms with van der Waals surface area (Å²) in [5.41, 5.74) is 2.35. The van der Waals surface area contributed by atoms with Crippen LogP contribution in [-0.4, -0.2) is 35.8 Å². The third-order valence-electron chi connectivity index (χ3n) is 4.17. The van der Waals surface area contributed by atoms with E-state index >= 15 is 0 Å². The zero-order valence-corrected chi connectivity index (χ0v) is 12.9. The number of carbonyl (C=O) groups is 2. The molecule has 6 nitrogen and oxygen atoms in total. The van der Waals surface area contributed by atoms with Crippen molar-refractivity contribution in [2.75, 3.05) is 18.1 Å². The molecule has 1 unspecified atom stereocenters. The maximum absolute atomic E-state index is 12.2. The van der Waals surface area contributed by atoms with Gasteiger partial charge in [-0.3, -0.25) is 9.69 Å². The van der Waals surface area contributed by atoms with Crippen molar-refractivity contribution >= 4 is 23.5 Å². The van der Waals surface area contributed by atoms with Crippen LogP contribution in [0.1, 0.15) is 5.56 Å². The molecule has 0 spiro atoms. The molecular formula is C18H15N3O3. The number of dihydropyridines is 1. The van der Waals surface area contributed by atoms with Crippen molar-refractivity contribution in [1.29, 1.82) is 0 Å². The zero-order chi connectivity index (χ0) is 16.5. The lowest BCUT2D eigenvalue weighted by atomic mass is 9.91. The van der Waals surface area contributed by atoms with Gasteiger partial charge in [0.25, 0.3) is 5.91 Å². The molecule has 3 aliphatic rings. The van der Waals surface area contributed by atoms with Crippen LogP contribution in [0.5, 0.6) is 0 Å². The van der Waals surface area contributed by atoms with Gasteiger partial charge in [0, 0.05) is 24.1 Å². The quantitative estimate of drug-likeness (QED) is 0.856. The molecule has 0 N–H and O–H groups in total. The summed E-state index contributed by atoms with van der Waals surface area (Å²) in [6.07, 6.45) is 11.5. The highest BCUT2D eigenvalue weighted by molar-refractivity contribution is 6.13. The Balaban J connectivity index is 1.50. The molecular weight excluding hydrogens is 306 g/mol. The number of carbonyl (C=O) groups excluding carboxylic acids is 2. The highest BCUT2D eigenvalue weighted by atomic mass is 16.6. The van der Waals surface area contributed by atoms with Crippen molar-refractivity contribution < 1.29 is 14.3 Å². The number of amides is 2. The summed E-state index contributed by atoms with van der Waals surface area (Å²) in [5.74, 6) is 0.425. The molecule has 1 aromatic heterocycles. The SMILES string of the molecule is O=C1N=C2C=CC=CC2C=C1Cc1ccc(N2CCOC2=O)nc1. The number of hydrogen-bond donors (Lipinski definition) is 0. The molecule has 1 fully saturated rings. The van der Waals surface area contributed by atoms with Crippen LogP contribution in [-0.2, 0) is 16.0 Å². The predicted octanol–water partition coefficient (Wildman–Crippen LogP) is 2.23. The molecule has 1 atom stereocenters. The van der Waals surface area contributed by atoms with E-state index in [2.05, 4.69) is 9.98 Å². The minimum Gasteiger partial charge on any atom is -0.447 e. The molecule has 24 heavy (non-hydrogen) atoms. The number of aliphatic imine (C=N–C) groups is 1. The zero-order valence-electron chi connectivity index (χ0n) is 12.9. The van der Waals surface area contributed by atoms with Crippen LogP contribution in [0.25, 0.3) is 0 Å². The Kier molecular flexibility index (Phi) is 3.57. The van der Waals surface area contributed by atoms with Gasteiger partial charge in [-0.1, -0.05) is 30.4 Å². The topological polar surface area (TPSA) is 71.9 Å². The number of nitrogens with zero attached hydrogens (tertiary/aromatic N) is 3. The Bertz CT molecular complexity index is 818. The maximum Gasteiger partial charge on any atom is 0.415 e. The fourth-order valence-electron chi connectivity index (χ4n) is 2.91. The fraction of sp³-hybridized carbons (Fsp3) is 0.222. The van der Waals surface area contributed by atoms with Gasteiger partial charge in [0.05, 0.1) is 12.3 Å². The molecule has 0 aromatic carbocycles. The molecule has 0 saturated carbocycles. The molecule has 0 bridgehead atoms. The number of anilines is 1. The van der Waals surface area contributed by atoms with Crippen molar-refractivity contribution in [3.05, 3.63) is 59.8 Å². The molecule has 120 valence electrons. The van der Waals surface area contributed by atoms with E-state index in [1.54, 1.807) is 12.3 Å². The number of pyridine rings is 1. The van der Waals surface area contributed by atoms with Gasteiger partial charge in [-0.2, -0.15) is 0 Å². The Morgan fingerprint density at radius 3 is 2.92 bits per heavy atom. The second-order valence-corrected chi connectivity index (χ2v) is 5.77. The first-order chi connectivity index (χ1) is 11.7. The molecule has 3 heterocycles. The summed E-state index contributed by atoms with van der Waals surface area (Å²) < 4.78 is 4.90. The van der Waals surface area contributed by atoms with Crippen molar-refractivity contribution in [3.8, 4) is 0 Å². The van der Waals surface area contributed by atoms with E-state index < -0.39 is 0 Å². The van der Waals surface area contributed by atoms with E-state index in [0.717, 1.165) is 11.3 Å². The van der Waals surface area contributed by atoms with Crippen LogP contribution in [0.3, 0.4) is 0 Å². The summed E-state index contributed by atoms with van der Waals surface area (Å²) in [7, 11) is 0. The lowest BCUT2D eigenvalue weighted by Gasteiger charge is -2.18. The molecule has 0 radical (unpaired) electrons. The monoisotopic (exact) mass is 321 g/mol. The van der Waals surface area contributed by atoms with Gasteiger partial charge in [-0.15, -0.1) is 0 Å². The molecule has 1 saturated heterocycles. The summed E-state index contributed by atoms with van der Waals surface area (Å²) in [5, 5.41) is 0. The lowest BCUT2D eigenvalue weighted by Crippen LogP contribution is -2.24. The summed E-state index contributed by atoms with van der Waals surface area (Å²) >= 11 is 0. The Labute approximate surface area is 138 Å². The van der Waals surface area contributed by atoms with Crippen molar-refractivity contribution in [2.24, 2.45) is 10.9 Å². The van der Waals surface area contributed by atoms with Crippen LogP contribution in [0, 0.1) is 5.92 Å². The third kappa shape index (κ3) is 2.67. The molecule has 4 rings (SSSR count). The van der Waals surface area contributed by atoms with Gasteiger partial charge in [0.15, 0.2) is 0 Å². The summed E-state index contributed by atoms with van der Waals surface area (Å²) in [6.45, 7) is 0.890. The minimum atomic E-state index is -0.376. The molecule has 6 heteroatoms. The number of aromatic nitrogens is 1. The predicted molar refractivity (Wildman–Crippen MR) is 88.9 cm³/mol. The van der Waals surface area contributed by atoms with Gasteiger partial charge in [0.1, 0.15) is 12.4 Å². The first kappa shape index (κ1) is 14.6. The number of cyclic esters (lactones) is 1. The summed E-state index contributed by atoms with van der Waals surface area (Å²) in [4.78, 5) is 33.7. The first-order valence-corrected chi connectivity index (χ1v) is 7.78. The van der Waals surface area contributed by atoms with E-state index in [-0.39, 0.29) is 17.9 Å². The lowest BCUT2D eigenvalue weighted by molar-refractivity contribution is -0.114. The van der Waals surface area contributed by atoms with Crippen LogP contribution < -0.4 is 4.90 Å². The molecule has 1 aliphatic carbocycles. The van der Waals surface area contributed by atoms with Crippen LogP contribution in [0.15, 0.2) is 59.3 Å². The smallest absolute Gasteiger partial charge is 0.415 e. The molecule has 1 aromatic rings. The largest absolute Gasteiger partial charge is 0.447 e. The van der Waals surface area contributed by atoms with Gasteiger partial charge in [-0.05, 0) is 17.7 Å². The average molecular weight is 321 g/mol. The second kappa shape index (κ2) is 5.88. The van der Waals surface area contributed by atoms with Crippen LogP contribution in [0.2, 0.25) is 0 Å². The minimum absolute atomic E-state index is 0.0642. The van der Waals surface area contributed by atoms with Crippen molar-refractivity contribution in [3.63, 3.8) is 0 Å². The number of rotatable bonds is 3. The van der Waals surface area contributed by atoms with Gasteiger partial charge in [-0.25, -0.2) is 14.8 Å². The van der Waals surface area contributed by atoms with Crippen LogP contribution in [0.4, 0.5) is 10.6 Å². The van der Waals surface area contributed by atoms with E-state index in [9.17, 15) is 9.59 Å². The Morgan fingerprint density at radius 1 is 1.25 bits per heavy atom. The number of hydrogen-bond acceptors (Lipinski definition) is 4. The van der Waals surface area contributed by atoms with E-state index in [4.69, 9.17) is 4.74 Å². The number of ether oxygens (including phenoxy) is 1. The highest BCUT2D eigenvalue weighted by Crippen LogP contribution is 2.23. The Hall–Kier alpha value is -3.02. The van der Waals surface area contributed by atoms with E-state index in [0.29, 0.717) is 31.0 Å². The molecule has 2 amide bonds. The second-order valence-electron chi connectivity index (χ2n) is 5.77. The standard InChI is InChI=1S/C18H15N3O3/c22-17-14(10-13-3-1-2-4-15(13)20-17)9-12-5-6-16(19-11-12)21-7-8-24-18(21)23/h1-6,10-11,13H,7-9H2. The van der Waals surface area contributed by atoms with Gasteiger partial charge < -0.3 is 4.74 Å². The first-order valence-electron chi connectivity index (χ1n) is 7.78. The highest BCUT2D eigenvalue weighted by Gasteiger charge is 2.25. The summed E-state index contributed by atoms with van der Waals surface area (Å²) in [6, 6.07) is 3.64. The van der Waals surface area contributed by atoms with Gasteiger partial charge >= 0.3 is 6.09 Å². The molecule has 2 aliphatic heterocycles.